The summed E-state index contributed by atoms with van der Waals surface area (Å²) in [6.07, 6.45) is 7.71. The molecule has 204 valence electrons. The van der Waals surface area contributed by atoms with E-state index in [2.05, 4.69) is 46.8 Å². The van der Waals surface area contributed by atoms with Gasteiger partial charge in [-0.1, -0.05) is 6.92 Å². The van der Waals surface area contributed by atoms with E-state index in [1.165, 1.54) is 19.2 Å². The van der Waals surface area contributed by atoms with Crippen LogP contribution in [0, 0.1) is 17.0 Å². The smallest absolute Gasteiger partial charge is 0.232 e. The molecule has 2 saturated heterocycles. The predicted octanol–water partition coefficient (Wildman–Crippen LogP) is 3.91. The molecular formula is C25H32F2N8O2S. The van der Waals surface area contributed by atoms with Crippen LogP contribution in [-0.2, 0) is 10.0 Å². The van der Waals surface area contributed by atoms with E-state index in [1.54, 1.807) is 13.1 Å². The Hall–Kier alpha value is -3.19. The van der Waals surface area contributed by atoms with Gasteiger partial charge in [0.15, 0.2) is 11.6 Å². The van der Waals surface area contributed by atoms with E-state index >= 15 is 4.39 Å². The lowest BCUT2D eigenvalue weighted by atomic mass is 9.71. The van der Waals surface area contributed by atoms with Crippen molar-refractivity contribution in [3.8, 4) is 0 Å². The van der Waals surface area contributed by atoms with Crippen LogP contribution in [0.25, 0.3) is 11.0 Å². The van der Waals surface area contributed by atoms with Crippen molar-refractivity contribution < 1.29 is 17.2 Å². The quantitative estimate of drug-likeness (QED) is 0.455. The fourth-order valence-electron chi connectivity index (χ4n) is 5.21. The number of hydrogen-bond acceptors (Lipinski definition) is 9. The van der Waals surface area contributed by atoms with Gasteiger partial charge in [0.1, 0.15) is 28.9 Å². The Kier molecular flexibility index (Phi) is 7.32. The molecule has 0 saturated carbocycles. The molecule has 0 amide bonds. The molecule has 0 unspecified atom stereocenters. The van der Waals surface area contributed by atoms with Crippen LogP contribution >= 0.6 is 0 Å². The van der Waals surface area contributed by atoms with E-state index in [0.717, 1.165) is 51.2 Å². The lowest BCUT2D eigenvalue weighted by Gasteiger charge is -2.46. The monoisotopic (exact) mass is 546 g/mol. The van der Waals surface area contributed by atoms with E-state index in [4.69, 9.17) is 0 Å². The highest BCUT2D eigenvalue weighted by Gasteiger charge is 2.37. The predicted molar refractivity (Wildman–Crippen MR) is 143 cm³/mol. The van der Waals surface area contributed by atoms with Gasteiger partial charge in [0, 0.05) is 13.1 Å². The molecule has 1 aromatic carbocycles. The van der Waals surface area contributed by atoms with Gasteiger partial charge in [0.2, 0.25) is 16.0 Å². The first-order valence-electron chi connectivity index (χ1n) is 12.9. The number of nitrogens with one attached hydrogen (secondary N) is 2. The van der Waals surface area contributed by atoms with E-state index in [9.17, 15) is 12.8 Å². The van der Waals surface area contributed by atoms with E-state index in [-0.39, 0.29) is 17.3 Å². The third-order valence-corrected chi connectivity index (χ3v) is 9.07. The van der Waals surface area contributed by atoms with Crippen LogP contribution in [-0.4, -0.2) is 72.2 Å². The molecular weight excluding hydrogens is 514 g/mol. The molecule has 0 radical (unpaired) electrons. The number of halogens is 2. The zero-order valence-electron chi connectivity index (χ0n) is 21.5. The molecule has 0 atom stereocenters. The zero-order valence-corrected chi connectivity index (χ0v) is 22.4. The largest absolute Gasteiger partial charge is 0.341 e. The molecule has 2 fully saturated rings. The molecule has 0 aliphatic carbocycles. The maximum absolute atomic E-state index is 15.2. The van der Waals surface area contributed by atoms with E-state index in [1.807, 2.05) is 0 Å². The highest BCUT2D eigenvalue weighted by Crippen LogP contribution is 2.41. The van der Waals surface area contributed by atoms with E-state index in [0.29, 0.717) is 28.8 Å². The van der Waals surface area contributed by atoms with Gasteiger partial charge >= 0.3 is 0 Å². The SMILES string of the molecule is CCCS(=O)(=O)Nc1ccc(F)c(Nc2ncnc3cnc(N4CCC5(CCN(C)CC5)CC4)nc23)c1F. The van der Waals surface area contributed by atoms with Crippen molar-refractivity contribution in [1.82, 2.24) is 24.8 Å². The van der Waals surface area contributed by atoms with Crippen LogP contribution in [0.5, 0.6) is 0 Å². The Labute approximate surface area is 220 Å². The third-order valence-electron chi connectivity index (χ3n) is 7.59. The summed E-state index contributed by atoms with van der Waals surface area (Å²) in [7, 11) is -1.61. The summed E-state index contributed by atoms with van der Waals surface area (Å²) in [5, 5.41) is 2.67. The summed E-state index contributed by atoms with van der Waals surface area (Å²) in [6.45, 7) is 5.59. The minimum absolute atomic E-state index is 0.0915. The van der Waals surface area contributed by atoms with E-state index < -0.39 is 27.3 Å². The molecule has 38 heavy (non-hydrogen) atoms. The molecule has 5 rings (SSSR count). The number of nitrogens with zero attached hydrogens (tertiary/aromatic N) is 6. The molecule has 2 N–H and O–H groups in total. The molecule has 13 heteroatoms. The molecule has 1 spiro atoms. The van der Waals surface area contributed by atoms with Crippen molar-refractivity contribution in [1.29, 1.82) is 0 Å². The van der Waals surface area contributed by atoms with Crippen LogP contribution < -0.4 is 14.9 Å². The molecule has 2 aliphatic rings. The third kappa shape index (κ3) is 5.48. The number of rotatable bonds is 7. The highest BCUT2D eigenvalue weighted by atomic mass is 32.2. The minimum atomic E-state index is -3.77. The van der Waals surface area contributed by atoms with Gasteiger partial charge in [-0.05, 0) is 69.8 Å². The van der Waals surface area contributed by atoms with Crippen molar-refractivity contribution in [2.24, 2.45) is 5.41 Å². The van der Waals surface area contributed by atoms with Crippen molar-refractivity contribution in [3.63, 3.8) is 0 Å². The zero-order chi connectivity index (χ0) is 26.9. The Morgan fingerprint density at radius 3 is 2.45 bits per heavy atom. The van der Waals surface area contributed by atoms with Gasteiger partial charge in [-0.3, -0.25) is 4.72 Å². The van der Waals surface area contributed by atoms with Gasteiger partial charge in [0.25, 0.3) is 0 Å². The summed E-state index contributed by atoms with van der Waals surface area (Å²) < 4.78 is 56.4. The van der Waals surface area contributed by atoms with Gasteiger partial charge in [-0.25, -0.2) is 37.1 Å². The number of hydrogen-bond donors (Lipinski definition) is 2. The molecule has 10 nitrogen and oxygen atoms in total. The highest BCUT2D eigenvalue weighted by molar-refractivity contribution is 7.92. The van der Waals surface area contributed by atoms with Gasteiger partial charge < -0.3 is 15.1 Å². The Morgan fingerprint density at radius 1 is 1.03 bits per heavy atom. The normalized spacial score (nSPS) is 18.2. The summed E-state index contributed by atoms with van der Waals surface area (Å²) >= 11 is 0. The Balaban J connectivity index is 1.40. The maximum atomic E-state index is 15.2. The Morgan fingerprint density at radius 2 is 1.74 bits per heavy atom. The number of benzene rings is 1. The fourth-order valence-corrected chi connectivity index (χ4v) is 6.35. The Bertz CT molecular complexity index is 1420. The second-order valence-electron chi connectivity index (χ2n) is 10.2. The first-order chi connectivity index (χ1) is 18.2. The van der Waals surface area contributed by atoms with Gasteiger partial charge in [0.05, 0.1) is 17.6 Å². The molecule has 2 aliphatic heterocycles. The number of piperidine rings is 2. The van der Waals surface area contributed by atoms with Crippen LogP contribution in [0.3, 0.4) is 0 Å². The lowest BCUT2D eigenvalue weighted by molar-refractivity contribution is 0.0941. The second kappa shape index (κ2) is 10.5. The number of fused-ring (bicyclic) bond motifs is 1. The van der Waals surface area contributed by atoms with Crippen LogP contribution in [0.4, 0.5) is 31.9 Å². The number of likely N-dealkylation sites (tertiary alicyclic amines) is 1. The number of sulfonamides is 1. The summed E-state index contributed by atoms with van der Waals surface area (Å²) in [6, 6.07) is 2.04. The topological polar surface area (TPSA) is 116 Å². The van der Waals surface area contributed by atoms with Crippen molar-refractivity contribution in [3.05, 3.63) is 36.3 Å². The van der Waals surface area contributed by atoms with Crippen LogP contribution in [0.2, 0.25) is 0 Å². The van der Waals surface area contributed by atoms with Crippen molar-refractivity contribution in [2.45, 2.75) is 39.0 Å². The summed E-state index contributed by atoms with van der Waals surface area (Å²) in [5.41, 5.74) is 0.203. The minimum Gasteiger partial charge on any atom is -0.341 e. The first-order valence-corrected chi connectivity index (χ1v) is 14.5. The average molecular weight is 547 g/mol. The molecule has 3 aromatic rings. The molecule has 4 heterocycles. The number of anilines is 4. The standard InChI is InChI=1S/C25H32F2N8O2S/c1-3-14-38(36,37)33-18-5-4-17(26)21(20(18)27)31-23-22-19(29-16-30-23)15-28-24(32-22)35-12-8-25(9-13-35)6-10-34(2)11-7-25/h4-5,15-16,33H,3,6-14H2,1-2H3,(H,29,30,31). The second-order valence-corrected chi connectivity index (χ2v) is 12.1. The van der Waals surface area contributed by atoms with Crippen LogP contribution in [0.1, 0.15) is 39.0 Å². The fraction of sp³-hybridized carbons (Fsp3) is 0.520. The lowest BCUT2D eigenvalue weighted by Crippen LogP contribution is -2.46. The van der Waals surface area contributed by atoms with Gasteiger partial charge in [-0.2, -0.15) is 0 Å². The first kappa shape index (κ1) is 26.4. The van der Waals surface area contributed by atoms with Crippen LogP contribution in [0.15, 0.2) is 24.7 Å². The van der Waals surface area contributed by atoms with Crippen molar-refractivity contribution >= 4 is 44.2 Å². The average Bonchev–Trinajstić information content (AvgIpc) is 2.90. The van der Waals surface area contributed by atoms with Gasteiger partial charge in [-0.15, -0.1) is 0 Å². The maximum Gasteiger partial charge on any atom is 0.232 e. The molecule has 0 bridgehead atoms. The summed E-state index contributed by atoms with van der Waals surface area (Å²) in [5.74, 6) is -1.56. The number of aromatic nitrogens is 4. The molecule has 2 aromatic heterocycles. The van der Waals surface area contributed by atoms with Crippen molar-refractivity contribution in [2.75, 3.05) is 53.9 Å². The summed E-state index contributed by atoms with van der Waals surface area (Å²) in [4.78, 5) is 22.0.